The van der Waals surface area contributed by atoms with Crippen molar-refractivity contribution in [3.8, 4) is 5.75 Å². The SMILES string of the molecule is COc1cccc(COC2CCCN(C(=O)c3ccc(C(F)(F)F)cc3)C2)c1. The summed E-state index contributed by atoms with van der Waals surface area (Å²) in [4.78, 5) is 14.3. The molecule has 1 fully saturated rings. The van der Waals surface area contributed by atoms with Crippen LogP contribution in [0.15, 0.2) is 48.5 Å². The fraction of sp³-hybridized carbons (Fsp3) is 0.381. The molecule has 0 saturated carbocycles. The molecule has 0 aliphatic carbocycles. The maximum atomic E-state index is 12.7. The summed E-state index contributed by atoms with van der Waals surface area (Å²) in [5.74, 6) is 0.479. The Kier molecular flexibility index (Phi) is 6.24. The maximum Gasteiger partial charge on any atom is 0.416 e. The molecule has 0 radical (unpaired) electrons. The molecular formula is C21H22F3NO3. The average molecular weight is 393 g/mol. The maximum absolute atomic E-state index is 12.7. The Morgan fingerprint density at radius 2 is 1.93 bits per heavy atom. The third kappa shape index (κ3) is 5.04. The summed E-state index contributed by atoms with van der Waals surface area (Å²) in [7, 11) is 1.60. The number of piperidine rings is 1. The monoisotopic (exact) mass is 393 g/mol. The second-order valence-electron chi connectivity index (χ2n) is 6.75. The van der Waals surface area contributed by atoms with Gasteiger partial charge in [-0.2, -0.15) is 13.2 Å². The van der Waals surface area contributed by atoms with Gasteiger partial charge in [-0.05, 0) is 54.8 Å². The van der Waals surface area contributed by atoms with Crippen LogP contribution in [0.3, 0.4) is 0 Å². The van der Waals surface area contributed by atoms with E-state index in [2.05, 4.69) is 0 Å². The minimum atomic E-state index is -4.41. The van der Waals surface area contributed by atoms with E-state index in [1.54, 1.807) is 12.0 Å². The van der Waals surface area contributed by atoms with Gasteiger partial charge in [0.2, 0.25) is 0 Å². The molecule has 0 spiro atoms. The van der Waals surface area contributed by atoms with Gasteiger partial charge in [-0.3, -0.25) is 4.79 Å². The van der Waals surface area contributed by atoms with Crippen LogP contribution in [0.25, 0.3) is 0 Å². The number of halogens is 3. The highest BCUT2D eigenvalue weighted by atomic mass is 19.4. The molecule has 1 aliphatic heterocycles. The number of likely N-dealkylation sites (tertiary alicyclic amines) is 1. The van der Waals surface area contributed by atoms with Crippen LogP contribution in [0.5, 0.6) is 5.75 Å². The zero-order valence-electron chi connectivity index (χ0n) is 15.5. The molecule has 1 atom stereocenters. The van der Waals surface area contributed by atoms with Crippen LogP contribution in [-0.2, 0) is 17.5 Å². The zero-order chi connectivity index (χ0) is 20.1. The molecule has 0 N–H and O–H groups in total. The van der Waals surface area contributed by atoms with Crippen molar-refractivity contribution in [3.63, 3.8) is 0 Å². The highest BCUT2D eigenvalue weighted by Crippen LogP contribution is 2.29. The number of hydrogen-bond donors (Lipinski definition) is 0. The van der Waals surface area contributed by atoms with Crippen LogP contribution >= 0.6 is 0 Å². The zero-order valence-corrected chi connectivity index (χ0v) is 15.5. The van der Waals surface area contributed by atoms with Crippen LogP contribution < -0.4 is 4.74 Å². The normalized spacial score (nSPS) is 17.4. The molecule has 0 aromatic heterocycles. The summed E-state index contributed by atoms with van der Waals surface area (Å²) < 4.78 is 49.2. The Balaban J connectivity index is 1.58. The Labute approximate surface area is 161 Å². The molecular weight excluding hydrogens is 371 g/mol. The first-order valence-corrected chi connectivity index (χ1v) is 9.08. The van der Waals surface area contributed by atoms with E-state index in [-0.39, 0.29) is 17.6 Å². The summed E-state index contributed by atoms with van der Waals surface area (Å²) in [5.41, 5.74) is 0.467. The predicted octanol–water partition coefficient (Wildman–Crippen LogP) is 4.54. The second-order valence-corrected chi connectivity index (χ2v) is 6.75. The number of benzene rings is 2. The van der Waals surface area contributed by atoms with E-state index in [0.29, 0.717) is 19.7 Å². The van der Waals surface area contributed by atoms with Crippen molar-refractivity contribution in [2.24, 2.45) is 0 Å². The van der Waals surface area contributed by atoms with Gasteiger partial charge in [0.25, 0.3) is 5.91 Å². The third-order valence-corrected chi connectivity index (χ3v) is 4.74. The number of nitrogens with zero attached hydrogens (tertiary/aromatic N) is 1. The van der Waals surface area contributed by atoms with Crippen LogP contribution in [-0.4, -0.2) is 37.1 Å². The molecule has 1 saturated heterocycles. The molecule has 28 heavy (non-hydrogen) atoms. The van der Waals surface area contributed by atoms with Crippen molar-refractivity contribution in [1.82, 2.24) is 4.90 Å². The van der Waals surface area contributed by atoms with Crippen molar-refractivity contribution < 1.29 is 27.4 Å². The van der Waals surface area contributed by atoms with E-state index in [1.807, 2.05) is 24.3 Å². The Hall–Kier alpha value is -2.54. The topological polar surface area (TPSA) is 38.8 Å². The van der Waals surface area contributed by atoms with Gasteiger partial charge >= 0.3 is 6.18 Å². The van der Waals surface area contributed by atoms with Crippen molar-refractivity contribution in [2.75, 3.05) is 20.2 Å². The van der Waals surface area contributed by atoms with Crippen molar-refractivity contribution in [3.05, 3.63) is 65.2 Å². The number of carbonyl (C=O) groups excluding carboxylic acids is 1. The van der Waals surface area contributed by atoms with Gasteiger partial charge in [-0.25, -0.2) is 0 Å². The fourth-order valence-electron chi connectivity index (χ4n) is 3.22. The number of ether oxygens (including phenoxy) is 2. The summed E-state index contributed by atoms with van der Waals surface area (Å²) in [6.45, 7) is 1.40. The second kappa shape index (κ2) is 8.65. The molecule has 150 valence electrons. The first kappa shape index (κ1) is 20.2. The summed E-state index contributed by atoms with van der Waals surface area (Å²) in [6.07, 6.45) is -2.90. The lowest BCUT2D eigenvalue weighted by atomic mass is 10.1. The molecule has 1 aliphatic rings. The van der Waals surface area contributed by atoms with Gasteiger partial charge in [0.05, 0.1) is 25.4 Å². The average Bonchev–Trinajstić information content (AvgIpc) is 2.71. The van der Waals surface area contributed by atoms with Crippen LogP contribution in [0, 0.1) is 0 Å². The molecule has 1 unspecified atom stereocenters. The van der Waals surface area contributed by atoms with E-state index in [0.717, 1.165) is 36.3 Å². The van der Waals surface area contributed by atoms with Crippen LogP contribution in [0.1, 0.15) is 34.3 Å². The van der Waals surface area contributed by atoms with E-state index in [4.69, 9.17) is 9.47 Å². The molecule has 1 amide bonds. The largest absolute Gasteiger partial charge is 0.497 e. The number of carbonyl (C=O) groups is 1. The number of rotatable bonds is 5. The van der Waals surface area contributed by atoms with Gasteiger partial charge < -0.3 is 14.4 Å². The highest BCUT2D eigenvalue weighted by molar-refractivity contribution is 5.94. The predicted molar refractivity (Wildman–Crippen MR) is 98.2 cm³/mol. The van der Waals surface area contributed by atoms with Gasteiger partial charge in [0.1, 0.15) is 5.75 Å². The van der Waals surface area contributed by atoms with E-state index in [1.165, 1.54) is 12.1 Å². The summed E-state index contributed by atoms with van der Waals surface area (Å²) in [6, 6.07) is 11.9. The number of hydrogen-bond acceptors (Lipinski definition) is 3. The fourth-order valence-corrected chi connectivity index (χ4v) is 3.22. The van der Waals surface area contributed by atoms with Gasteiger partial charge in [-0.15, -0.1) is 0 Å². The standard InChI is InChI=1S/C21H22F3NO3/c1-27-18-5-2-4-15(12-18)14-28-19-6-3-11-25(13-19)20(26)16-7-9-17(10-8-16)21(22,23)24/h2,4-5,7-10,12,19H,3,6,11,13-14H2,1H3. The lowest BCUT2D eigenvalue weighted by molar-refractivity contribution is -0.137. The van der Waals surface area contributed by atoms with Gasteiger partial charge in [0.15, 0.2) is 0 Å². The molecule has 0 bridgehead atoms. The number of alkyl halides is 3. The quantitative estimate of drug-likeness (QED) is 0.749. The Bertz CT molecular complexity index is 805. The highest BCUT2D eigenvalue weighted by Gasteiger charge is 2.31. The van der Waals surface area contributed by atoms with E-state index >= 15 is 0 Å². The molecule has 2 aromatic rings. The van der Waals surface area contributed by atoms with Gasteiger partial charge in [0, 0.05) is 18.7 Å². The van der Waals surface area contributed by atoms with Crippen molar-refractivity contribution in [2.45, 2.75) is 31.7 Å². The third-order valence-electron chi connectivity index (χ3n) is 4.74. The molecule has 7 heteroatoms. The van der Waals surface area contributed by atoms with Crippen LogP contribution in [0.4, 0.5) is 13.2 Å². The van der Waals surface area contributed by atoms with Crippen LogP contribution in [0.2, 0.25) is 0 Å². The summed E-state index contributed by atoms with van der Waals surface area (Å²) >= 11 is 0. The minimum Gasteiger partial charge on any atom is -0.497 e. The first-order chi connectivity index (χ1) is 13.4. The van der Waals surface area contributed by atoms with E-state index < -0.39 is 11.7 Å². The first-order valence-electron chi connectivity index (χ1n) is 9.08. The van der Waals surface area contributed by atoms with E-state index in [9.17, 15) is 18.0 Å². The molecule has 2 aromatic carbocycles. The van der Waals surface area contributed by atoms with Crippen molar-refractivity contribution in [1.29, 1.82) is 0 Å². The molecule has 3 rings (SSSR count). The molecule has 4 nitrogen and oxygen atoms in total. The number of methoxy groups -OCH3 is 1. The smallest absolute Gasteiger partial charge is 0.416 e. The lowest BCUT2D eigenvalue weighted by Gasteiger charge is -2.33. The van der Waals surface area contributed by atoms with Crippen molar-refractivity contribution >= 4 is 5.91 Å². The van der Waals surface area contributed by atoms with Gasteiger partial charge in [-0.1, -0.05) is 12.1 Å². The Morgan fingerprint density at radius 3 is 2.61 bits per heavy atom. The molecule has 1 heterocycles. The Morgan fingerprint density at radius 1 is 1.18 bits per heavy atom. The number of amides is 1. The minimum absolute atomic E-state index is 0.113. The lowest BCUT2D eigenvalue weighted by Crippen LogP contribution is -2.43. The summed E-state index contributed by atoms with van der Waals surface area (Å²) in [5, 5.41) is 0.